The summed E-state index contributed by atoms with van der Waals surface area (Å²) in [4.78, 5) is 8.99. The molecular formula is C26H29F3N4. The fourth-order valence-corrected chi connectivity index (χ4v) is 4.24. The second-order valence-corrected chi connectivity index (χ2v) is 8.46. The average Bonchev–Trinajstić information content (AvgIpc) is 2.83. The summed E-state index contributed by atoms with van der Waals surface area (Å²) in [6.45, 7) is 4.14. The first-order chi connectivity index (χ1) is 15.9. The molecule has 0 saturated carbocycles. The van der Waals surface area contributed by atoms with E-state index >= 15 is 0 Å². The third-order valence-corrected chi connectivity index (χ3v) is 6.16. The van der Waals surface area contributed by atoms with Crippen molar-refractivity contribution in [3.05, 3.63) is 78.1 Å². The van der Waals surface area contributed by atoms with Gasteiger partial charge in [-0.2, -0.15) is 13.2 Å². The summed E-state index contributed by atoms with van der Waals surface area (Å²) in [7, 11) is 0. The van der Waals surface area contributed by atoms with Crippen molar-refractivity contribution in [2.45, 2.75) is 25.4 Å². The van der Waals surface area contributed by atoms with Gasteiger partial charge in [-0.25, -0.2) is 0 Å². The SMILES string of the molecule is Nc1cc(-c2ccccc2)cnc1CCCCN1CCN(c2cccc(C(F)(F)F)c2)CC1. The molecule has 174 valence electrons. The number of rotatable bonds is 7. The van der Waals surface area contributed by atoms with Crippen LogP contribution in [0.2, 0.25) is 0 Å². The van der Waals surface area contributed by atoms with Gasteiger partial charge in [0.2, 0.25) is 0 Å². The summed E-state index contributed by atoms with van der Waals surface area (Å²) in [5, 5.41) is 0. The van der Waals surface area contributed by atoms with E-state index in [1.165, 1.54) is 12.1 Å². The lowest BCUT2D eigenvalue weighted by molar-refractivity contribution is -0.137. The Labute approximate surface area is 192 Å². The number of anilines is 2. The number of alkyl halides is 3. The second-order valence-electron chi connectivity index (χ2n) is 8.46. The van der Waals surface area contributed by atoms with Crippen molar-refractivity contribution in [3.8, 4) is 11.1 Å². The van der Waals surface area contributed by atoms with E-state index in [-0.39, 0.29) is 0 Å². The van der Waals surface area contributed by atoms with Crippen molar-refractivity contribution >= 4 is 11.4 Å². The number of hydrogen-bond acceptors (Lipinski definition) is 4. The fourth-order valence-electron chi connectivity index (χ4n) is 4.24. The molecule has 0 aliphatic carbocycles. The maximum Gasteiger partial charge on any atom is 0.416 e. The molecule has 1 aliphatic heterocycles. The summed E-state index contributed by atoms with van der Waals surface area (Å²) in [6.07, 6.45) is 0.442. The third kappa shape index (κ3) is 6.05. The number of piperazine rings is 1. The molecule has 0 bridgehead atoms. The molecule has 4 rings (SSSR count). The Morgan fingerprint density at radius 3 is 2.30 bits per heavy atom. The number of hydrogen-bond donors (Lipinski definition) is 1. The highest BCUT2D eigenvalue weighted by Crippen LogP contribution is 2.32. The predicted molar refractivity (Wildman–Crippen MR) is 127 cm³/mol. The molecule has 7 heteroatoms. The molecule has 2 aromatic carbocycles. The van der Waals surface area contributed by atoms with E-state index in [0.717, 1.165) is 80.6 Å². The van der Waals surface area contributed by atoms with Crippen LogP contribution in [0, 0.1) is 0 Å². The largest absolute Gasteiger partial charge is 0.416 e. The molecule has 0 unspecified atom stereocenters. The number of benzene rings is 2. The molecule has 0 spiro atoms. The van der Waals surface area contributed by atoms with Gasteiger partial charge in [0.25, 0.3) is 0 Å². The Balaban J connectivity index is 1.21. The van der Waals surface area contributed by atoms with Gasteiger partial charge in [0, 0.05) is 43.6 Å². The summed E-state index contributed by atoms with van der Waals surface area (Å²) < 4.78 is 38.9. The Kier molecular flexibility index (Phi) is 7.18. The van der Waals surface area contributed by atoms with Crippen LogP contribution in [-0.2, 0) is 12.6 Å². The van der Waals surface area contributed by atoms with E-state index in [1.807, 2.05) is 47.5 Å². The number of nitrogen functional groups attached to an aromatic ring is 1. The van der Waals surface area contributed by atoms with Crippen LogP contribution in [0.5, 0.6) is 0 Å². The average molecular weight is 455 g/mol. The van der Waals surface area contributed by atoms with Gasteiger partial charge in [0.15, 0.2) is 0 Å². The molecule has 1 saturated heterocycles. The van der Waals surface area contributed by atoms with Gasteiger partial charge < -0.3 is 10.6 Å². The van der Waals surface area contributed by atoms with Crippen molar-refractivity contribution < 1.29 is 13.2 Å². The second kappa shape index (κ2) is 10.3. The van der Waals surface area contributed by atoms with Crippen LogP contribution >= 0.6 is 0 Å². The van der Waals surface area contributed by atoms with Crippen molar-refractivity contribution in [1.29, 1.82) is 0 Å². The topological polar surface area (TPSA) is 45.4 Å². The molecule has 1 aliphatic rings. The van der Waals surface area contributed by atoms with Gasteiger partial charge in [-0.3, -0.25) is 9.88 Å². The normalized spacial score (nSPS) is 15.1. The number of nitrogens with two attached hydrogens (primary N) is 1. The molecule has 2 heterocycles. The summed E-state index contributed by atoms with van der Waals surface area (Å²) >= 11 is 0. The zero-order valence-electron chi connectivity index (χ0n) is 18.6. The van der Waals surface area contributed by atoms with E-state index in [2.05, 4.69) is 9.88 Å². The summed E-state index contributed by atoms with van der Waals surface area (Å²) in [6, 6.07) is 17.7. The van der Waals surface area contributed by atoms with Gasteiger partial charge in [-0.1, -0.05) is 36.4 Å². The smallest absolute Gasteiger partial charge is 0.397 e. The van der Waals surface area contributed by atoms with Crippen LogP contribution in [0.4, 0.5) is 24.5 Å². The first-order valence-corrected chi connectivity index (χ1v) is 11.3. The van der Waals surface area contributed by atoms with Gasteiger partial charge in [-0.15, -0.1) is 0 Å². The molecule has 1 aromatic heterocycles. The van der Waals surface area contributed by atoms with Gasteiger partial charge in [0.1, 0.15) is 0 Å². The van der Waals surface area contributed by atoms with Crippen LogP contribution in [0.3, 0.4) is 0 Å². The molecule has 33 heavy (non-hydrogen) atoms. The quantitative estimate of drug-likeness (QED) is 0.479. The molecule has 3 aromatic rings. The highest BCUT2D eigenvalue weighted by Gasteiger charge is 2.31. The molecule has 2 N–H and O–H groups in total. The van der Waals surface area contributed by atoms with Gasteiger partial charge in [0.05, 0.1) is 16.9 Å². The zero-order chi connectivity index (χ0) is 23.3. The van der Waals surface area contributed by atoms with Crippen LogP contribution in [0.15, 0.2) is 66.9 Å². The minimum absolute atomic E-state index is 0.591. The van der Waals surface area contributed by atoms with Crippen molar-refractivity contribution in [2.75, 3.05) is 43.4 Å². The summed E-state index contributed by atoms with van der Waals surface area (Å²) in [5.41, 5.74) is 10.1. The standard InChI is InChI=1S/C26H29F3N4/c27-26(28,29)22-9-6-10-23(18-22)33-15-13-32(14-16-33)12-5-4-11-25-24(30)17-21(19-31-25)20-7-2-1-3-8-20/h1-3,6-10,17-19H,4-5,11-16,30H2. The van der Waals surface area contributed by atoms with Gasteiger partial charge >= 0.3 is 6.18 Å². The maximum atomic E-state index is 13.0. The Morgan fingerprint density at radius 1 is 0.848 bits per heavy atom. The van der Waals surface area contributed by atoms with Crippen molar-refractivity contribution in [3.63, 3.8) is 0 Å². The summed E-state index contributed by atoms with van der Waals surface area (Å²) in [5.74, 6) is 0. The first-order valence-electron chi connectivity index (χ1n) is 11.3. The monoisotopic (exact) mass is 454 g/mol. The lowest BCUT2D eigenvalue weighted by Crippen LogP contribution is -2.46. The lowest BCUT2D eigenvalue weighted by Gasteiger charge is -2.36. The van der Waals surface area contributed by atoms with E-state index in [4.69, 9.17) is 5.73 Å². The van der Waals surface area contributed by atoms with E-state index < -0.39 is 11.7 Å². The highest BCUT2D eigenvalue weighted by atomic mass is 19.4. The number of halogens is 3. The molecule has 1 fully saturated rings. The lowest BCUT2D eigenvalue weighted by atomic mass is 10.1. The van der Waals surface area contributed by atoms with E-state index in [9.17, 15) is 13.2 Å². The molecule has 4 nitrogen and oxygen atoms in total. The van der Waals surface area contributed by atoms with Crippen LogP contribution in [-0.4, -0.2) is 42.6 Å². The van der Waals surface area contributed by atoms with Gasteiger partial charge in [-0.05, 0) is 55.6 Å². The number of pyridine rings is 1. The van der Waals surface area contributed by atoms with E-state index in [1.54, 1.807) is 6.07 Å². The Bertz CT molecular complexity index is 1040. The molecule has 0 amide bonds. The zero-order valence-corrected chi connectivity index (χ0v) is 18.6. The number of aryl methyl sites for hydroxylation is 1. The number of unbranched alkanes of at least 4 members (excludes halogenated alkanes) is 1. The van der Waals surface area contributed by atoms with Crippen LogP contribution in [0.25, 0.3) is 11.1 Å². The number of nitrogens with zero attached hydrogens (tertiary/aromatic N) is 3. The Morgan fingerprint density at radius 2 is 1.61 bits per heavy atom. The molecule has 0 atom stereocenters. The van der Waals surface area contributed by atoms with Crippen LogP contribution < -0.4 is 10.6 Å². The molecule has 0 radical (unpaired) electrons. The van der Waals surface area contributed by atoms with Crippen molar-refractivity contribution in [1.82, 2.24) is 9.88 Å². The number of aromatic nitrogens is 1. The van der Waals surface area contributed by atoms with Crippen LogP contribution in [0.1, 0.15) is 24.1 Å². The first kappa shape index (κ1) is 23.1. The minimum Gasteiger partial charge on any atom is -0.397 e. The third-order valence-electron chi connectivity index (χ3n) is 6.16. The highest BCUT2D eigenvalue weighted by molar-refractivity contribution is 5.67. The Hall–Kier alpha value is -3.06. The van der Waals surface area contributed by atoms with E-state index in [0.29, 0.717) is 5.69 Å². The maximum absolute atomic E-state index is 13.0. The van der Waals surface area contributed by atoms with Crippen molar-refractivity contribution in [2.24, 2.45) is 0 Å². The minimum atomic E-state index is -4.31. The fraction of sp³-hybridized carbons (Fsp3) is 0.346. The molecular weight excluding hydrogens is 425 g/mol. The predicted octanol–water partition coefficient (Wildman–Crippen LogP) is 5.49.